The van der Waals surface area contributed by atoms with E-state index >= 15 is 0 Å². The Morgan fingerprint density at radius 2 is 1.93 bits per heavy atom. The van der Waals surface area contributed by atoms with Crippen LogP contribution in [-0.2, 0) is 10.2 Å². The lowest BCUT2D eigenvalue weighted by atomic mass is 9.64. The van der Waals surface area contributed by atoms with E-state index in [2.05, 4.69) is 0 Å². The number of aliphatic carboxylic acids is 1. The van der Waals surface area contributed by atoms with Gasteiger partial charge in [-0.15, -0.1) is 0 Å². The second-order valence-corrected chi connectivity index (χ2v) is 3.93. The number of carboxylic acids is 1. The second-order valence-electron chi connectivity index (χ2n) is 3.93. The molecule has 0 heterocycles. The van der Waals surface area contributed by atoms with Crippen molar-refractivity contribution in [2.45, 2.75) is 24.7 Å². The number of benzene rings is 1. The third-order valence-corrected chi connectivity index (χ3v) is 3.18. The second kappa shape index (κ2) is 3.39. The van der Waals surface area contributed by atoms with Crippen molar-refractivity contribution in [1.82, 2.24) is 0 Å². The van der Waals surface area contributed by atoms with Gasteiger partial charge in [0, 0.05) is 0 Å². The van der Waals surface area contributed by atoms with Crippen molar-refractivity contribution in [3.63, 3.8) is 0 Å². The van der Waals surface area contributed by atoms with Gasteiger partial charge in [-0.05, 0) is 30.5 Å². The molecule has 1 fully saturated rings. The lowest BCUT2D eigenvalue weighted by molar-refractivity contribution is -0.147. The van der Waals surface area contributed by atoms with Gasteiger partial charge in [-0.2, -0.15) is 5.26 Å². The molecule has 0 atom stereocenters. The van der Waals surface area contributed by atoms with Crippen LogP contribution in [0.15, 0.2) is 24.3 Å². The van der Waals surface area contributed by atoms with E-state index in [9.17, 15) is 9.90 Å². The van der Waals surface area contributed by atoms with Gasteiger partial charge < -0.3 is 5.11 Å². The molecular weight excluding hydrogens is 190 g/mol. The fourth-order valence-corrected chi connectivity index (χ4v) is 2.02. The van der Waals surface area contributed by atoms with E-state index in [0.717, 1.165) is 12.0 Å². The van der Waals surface area contributed by atoms with E-state index in [0.29, 0.717) is 18.4 Å². The average Bonchev–Trinajstić information content (AvgIpc) is 2.16. The molecular formula is C12H11NO2. The quantitative estimate of drug-likeness (QED) is 0.796. The van der Waals surface area contributed by atoms with E-state index in [4.69, 9.17) is 5.26 Å². The fraction of sp³-hybridized carbons (Fsp3) is 0.333. The van der Waals surface area contributed by atoms with Crippen LogP contribution in [0.2, 0.25) is 0 Å². The van der Waals surface area contributed by atoms with Crippen molar-refractivity contribution in [3.05, 3.63) is 35.4 Å². The highest BCUT2D eigenvalue weighted by atomic mass is 16.4. The third kappa shape index (κ3) is 1.39. The van der Waals surface area contributed by atoms with E-state index < -0.39 is 11.4 Å². The Bertz CT molecular complexity index is 424. The molecule has 76 valence electrons. The maximum absolute atomic E-state index is 11.2. The van der Waals surface area contributed by atoms with Gasteiger partial charge in [0.1, 0.15) is 0 Å². The molecule has 1 N–H and O–H groups in total. The topological polar surface area (TPSA) is 61.1 Å². The molecule has 0 spiro atoms. The molecule has 1 saturated carbocycles. The number of nitriles is 1. The molecule has 1 aromatic rings. The Labute approximate surface area is 88.0 Å². The summed E-state index contributed by atoms with van der Waals surface area (Å²) in [5.41, 5.74) is 0.701. The van der Waals surface area contributed by atoms with Crippen LogP contribution in [0.25, 0.3) is 0 Å². The van der Waals surface area contributed by atoms with Crippen molar-refractivity contribution in [3.8, 4) is 6.07 Å². The van der Waals surface area contributed by atoms with E-state index in [1.54, 1.807) is 24.3 Å². The van der Waals surface area contributed by atoms with Gasteiger partial charge in [-0.3, -0.25) is 4.79 Å². The first kappa shape index (κ1) is 9.72. The van der Waals surface area contributed by atoms with Crippen molar-refractivity contribution in [1.29, 1.82) is 5.26 Å². The van der Waals surface area contributed by atoms with E-state index in [1.165, 1.54) is 0 Å². The summed E-state index contributed by atoms with van der Waals surface area (Å²) in [5, 5.41) is 17.8. The summed E-state index contributed by atoms with van der Waals surface area (Å²) in [4.78, 5) is 11.2. The average molecular weight is 201 g/mol. The minimum absolute atomic E-state index is 0.568. The summed E-state index contributed by atoms with van der Waals surface area (Å²) in [6.07, 6.45) is 2.37. The molecule has 0 unspecified atom stereocenters. The molecule has 1 aromatic carbocycles. The molecule has 2 rings (SSSR count). The molecule has 1 aliphatic rings. The minimum atomic E-state index is -0.751. The molecule has 0 amide bonds. The van der Waals surface area contributed by atoms with Gasteiger partial charge in [0.15, 0.2) is 0 Å². The van der Waals surface area contributed by atoms with Crippen LogP contribution in [0.5, 0.6) is 0 Å². The Morgan fingerprint density at radius 3 is 2.27 bits per heavy atom. The predicted molar refractivity (Wildman–Crippen MR) is 54.3 cm³/mol. The number of hydrogen-bond acceptors (Lipinski definition) is 2. The summed E-state index contributed by atoms with van der Waals surface area (Å²) >= 11 is 0. The van der Waals surface area contributed by atoms with Crippen LogP contribution >= 0.6 is 0 Å². The predicted octanol–water partition coefficient (Wildman–Crippen LogP) is 2.06. The highest BCUT2D eigenvalue weighted by Gasteiger charge is 2.45. The van der Waals surface area contributed by atoms with Crippen LogP contribution in [0.3, 0.4) is 0 Å². The molecule has 0 saturated heterocycles. The molecule has 3 heteroatoms. The van der Waals surface area contributed by atoms with Crippen molar-refractivity contribution in [2.24, 2.45) is 0 Å². The molecule has 0 aromatic heterocycles. The first-order valence-corrected chi connectivity index (χ1v) is 4.93. The molecule has 0 aliphatic heterocycles. The first-order chi connectivity index (χ1) is 7.19. The van der Waals surface area contributed by atoms with Crippen LogP contribution < -0.4 is 0 Å². The van der Waals surface area contributed by atoms with Gasteiger partial charge in [0.05, 0.1) is 17.0 Å². The lowest BCUT2D eigenvalue weighted by Gasteiger charge is -2.38. The van der Waals surface area contributed by atoms with E-state index in [1.807, 2.05) is 6.07 Å². The normalized spacial score (nSPS) is 17.5. The zero-order chi connectivity index (χ0) is 10.9. The van der Waals surface area contributed by atoms with Crippen LogP contribution in [0.1, 0.15) is 30.4 Å². The molecule has 1 aliphatic carbocycles. The lowest BCUT2D eigenvalue weighted by Crippen LogP contribution is -2.42. The largest absolute Gasteiger partial charge is 0.481 e. The standard InChI is InChI=1S/C12H11NO2/c13-8-9-2-4-10(5-3-9)12(11(14)15)6-1-7-12/h2-5H,1,6-7H2,(H,14,15). The Morgan fingerprint density at radius 1 is 1.33 bits per heavy atom. The van der Waals surface area contributed by atoms with Crippen molar-refractivity contribution < 1.29 is 9.90 Å². The molecule has 0 radical (unpaired) electrons. The fourth-order valence-electron chi connectivity index (χ4n) is 2.02. The first-order valence-electron chi connectivity index (χ1n) is 4.93. The smallest absolute Gasteiger partial charge is 0.314 e. The number of nitrogens with zero attached hydrogens (tertiary/aromatic N) is 1. The van der Waals surface area contributed by atoms with E-state index in [-0.39, 0.29) is 0 Å². The highest BCUT2D eigenvalue weighted by Crippen LogP contribution is 2.43. The third-order valence-electron chi connectivity index (χ3n) is 3.18. The Hall–Kier alpha value is -1.82. The summed E-state index contributed by atoms with van der Waals surface area (Å²) in [6.45, 7) is 0. The van der Waals surface area contributed by atoms with Crippen LogP contribution in [0.4, 0.5) is 0 Å². The van der Waals surface area contributed by atoms with Gasteiger partial charge in [-0.25, -0.2) is 0 Å². The van der Waals surface area contributed by atoms with Crippen LogP contribution in [-0.4, -0.2) is 11.1 Å². The zero-order valence-electron chi connectivity index (χ0n) is 8.23. The number of rotatable bonds is 2. The van der Waals surface area contributed by atoms with Gasteiger partial charge in [-0.1, -0.05) is 18.6 Å². The molecule has 3 nitrogen and oxygen atoms in total. The molecule has 15 heavy (non-hydrogen) atoms. The maximum Gasteiger partial charge on any atom is 0.314 e. The van der Waals surface area contributed by atoms with Gasteiger partial charge in [0.25, 0.3) is 0 Å². The Balaban J connectivity index is 2.36. The number of carboxylic acid groups (broad SMARTS) is 1. The monoisotopic (exact) mass is 201 g/mol. The number of hydrogen-bond donors (Lipinski definition) is 1. The number of carbonyl (C=O) groups is 1. The summed E-state index contributed by atoms with van der Waals surface area (Å²) < 4.78 is 0. The zero-order valence-corrected chi connectivity index (χ0v) is 8.23. The summed E-state index contributed by atoms with van der Waals surface area (Å²) in [6, 6.07) is 8.89. The maximum atomic E-state index is 11.2. The van der Waals surface area contributed by atoms with Gasteiger partial charge in [0.2, 0.25) is 0 Å². The highest BCUT2D eigenvalue weighted by molar-refractivity contribution is 5.82. The van der Waals surface area contributed by atoms with Gasteiger partial charge >= 0.3 is 5.97 Å². The molecule has 0 bridgehead atoms. The van der Waals surface area contributed by atoms with Crippen molar-refractivity contribution >= 4 is 5.97 Å². The summed E-state index contributed by atoms with van der Waals surface area (Å²) in [7, 11) is 0. The van der Waals surface area contributed by atoms with Crippen LogP contribution in [0, 0.1) is 11.3 Å². The Kier molecular flexibility index (Phi) is 2.20. The summed E-state index contributed by atoms with van der Waals surface area (Å²) in [5.74, 6) is -0.751. The minimum Gasteiger partial charge on any atom is -0.481 e. The SMILES string of the molecule is N#Cc1ccc(C2(C(=O)O)CCC2)cc1. The van der Waals surface area contributed by atoms with Crippen molar-refractivity contribution in [2.75, 3.05) is 0 Å².